The lowest BCUT2D eigenvalue weighted by Crippen LogP contribution is -2.49. The van der Waals surface area contributed by atoms with Gasteiger partial charge in [0.15, 0.2) is 6.67 Å². The third-order valence-electron chi connectivity index (χ3n) is 8.14. The molecule has 11 nitrogen and oxygen atoms in total. The molecule has 0 radical (unpaired) electrons. The van der Waals surface area contributed by atoms with Gasteiger partial charge in [-0.25, -0.2) is 24.1 Å². The number of benzene rings is 1. The molecule has 230 valence electrons. The number of nitrogens with one attached hydrogen (secondary N) is 1. The van der Waals surface area contributed by atoms with Gasteiger partial charge < -0.3 is 25.4 Å². The molecule has 0 spiro atoms. The molecule has 2 aliphatic heterocycles. The summed E-state index contributed by atoms with van der Waals surface area (Å²) in [7, 11) is 0. The lowest BCUT2D eigenvalue weighted by Gasteiger charge is -2.39. The van der Waals surface area contributed by atoms with Crippen molar-refractivity contribution in [2.24, 2.45) is 0 Å². The van der Waals surface area contributed by atoms with Crippen LogP contribution in [0.5, 0.6) is 5.75 Å². The number of nitrogens with zero attached hydrogens (tertiary/aromatic N) is 5. The quantitative estimate of drug-likeness (QED) is 0.286. The minimum absolute atomic E-state index is 0.0362. The zero-order valence-electron chi connectivity index (χ0n) is 24.0. The van der Waals surface area contributed by atoms with Crippen molar-refractivity contribution >= 4 is 29.2 Å². The van der Waals surface area contributed by atoms with E-state index >= 15 is 0 Å². The number of piperidine rings is 1. The first-order chi connectivity index (χ1) is 21.0. The van der Waals surface area contributed by atoms with E-state index in [0.717, 1.165) is 31.2 Å². The molecule has 2 amide bonds. The highest BCUT2D eigenvalue weighted by Crippen LogP contribution is 2.42. The van der Waals surface area contributed by atoms with Crippen LogP contribution in [0.15, 0.2) is 48.9 Å². The maximum absolute atomic E-state index is 13.9. The number of pyridine rings is 1. The molecule has 3 N–H and O–H groups in total. The Morgan fingerprint density at radius 3 is 2.84 bits per heavy atom. The molecule has 2 atom stereocenters. The molecule has 2 aliphatic rings. The molecule has 6 rings (SSSR count). The summed E-state index contributed by atoms with van der Waals surface area (Å²) in [5.74, 6) is -3.24. The number of hydrogen-bond donors (Lipinski definition) is 2. The fourth-order valence-corrected chi connectivity index (χ4v) is 5.85. The molecule has 3 aromatic heterocycles. The van der Waals surface area contributed by atoms with E-state index in [1.807, 2.05) is 11.3 Å². The van der Waals surface area contributed by atoms with Crippen molar-refractivity contribution in [2.45, 2.75) is 44.1 Å². The van der Waals surface area contributed by atoms with Crippen LogP contribution >= 0.6 is 0 Å². The molecule has 2 saturated heterocycles. The van der Waals surface area contributed by atoms with Crippen molar-refractivity contribution in [3.63, 3.8) is 0 Å². The highest BCUT2D eigenvalue weighted by atomic mass is 19.3. The lowest BCUT2D eigenvalue weighted by atomic mass is 9.79. The van der Waals surface area contributed by atoms with Crippen LogP contribution in [-0.2, 0) is 16.1 Å². The first kappa shape index (κ1) is 29.2. The summed E-state index contributed by atoms with van der Waals surface area (Å²) in [5.41, 5.74) is 6.99. The number of alkyl halides is 3. The molecular formula is C30H30F3N7O4. The van der Waals surface area contributed by atoms with E-state index in [0.29, 0.717) is 41.5 Å². The van der Waals surface area contributed by atoms with E-state index in [9.17, 15) is 22.8 Å². The number of anilines is 2. The van der Waals surface area contributed by atoms with Gasteiger partial charge in [0, 0.05) is 47.2 Å². The first-order valence-corrected chi connectivity index (χ1v) is 14.1. The number of carbonyl (C=O) groups is 2. The monoisotopic (exact) mass is 609 g/mol. The predicted octanol–water partition coefficient (Wildman–Crippen LogP) is 4.96. The number of cyclic esters (lactones) is 1. The SMILES string of the molecule is CCOc1cc(C(=O)Nc2cc(C(F)(F)CF)ccn2)ccc1-c1nc(C2(C)CCC3COC(=O)N3C2)n2ccnc(N)c12. The van der Waals surface area contributed by atoms with Gasteiger partial charge in [0.25, 0.3) is 5.91 Å². The van der Waals surface area contributed by atoms with Crippen molar-refractivity contribution in [1.29, 1.82) is 0 Å². The minimum Gasteiger partial charge on any atom is -0.493 e. The Morgan fingerprint density at radius 2 is 2.07 bits per heavy atom. The van der Waals surface area contributed by atoms with Crippen molar-refractivity contribution in [1.82, 2.24) is 24.3 Å². The number of halogens is 3. The third kappa shape index (κ3) is 5.03. The molecule has 4 aromatic rings. The molecule has 44 heavy (non-hydrogen) atoms. The number of carbonyl (C=O) groups excluding carboxylic acids is 2. The number of ether oxygens (including phenoxy) is 2. The molecule has 0 bridgehead atoms. The molecule has 14 heteroatoms. The van der Waals surface area contributed by atoms with Gasteiger partial charge in [0.1, 0.15) is 41.0 Å². The summed E-state index contributed by atoms with van der Waals surface area (Å²) in [4.78, 5) is 40.5. The fraction of sp³-hybridized carbons (Fsp3) is 0.367. The summed E-state index contributed by atoms with van der Waals surface area (Å²) < 4.78 is 53.6. The number of fused-ring (bicyclic) bond motifs is 2. The molecule has 2 fully saturated rings. The number of hydrogen-bond acceptors (Lipinski definition) is 8. The minimum atomic E-state index is -3.71. The number of nitrogens with two attached hydrogens (primary N) is 1. The van der Waals surface area contributed by atoms with Crippen LogP contribution in [0.2, 0.25) is 0 Å². The molecule has 0 aliphatic carbocycles. The van der Waals surface area contributed by atoms with Crippen LogP contribution in [0.1, 0.15) is 48.4 Å². The van der Waals surface area contributed by atoms with Crippen molar-refractivity contribution in [3.05, 3.63) is 65.9 Å². The van der Waals surface area contributed by atoms with Crippen LogP contribution in [0.4, 0.5) is 29.6 Å². The van der Waals surface area contributed by atoms with E-state index < -0.39 is 29.5 Å². The second kappa shape index (κ2) is 11.0. The van der Waals surface area contributed by atoms with Gasteiger partial charge in [0.2, 0.25) is 0 Å². The number of nitrogen functional groups attached to an aromatic ring is 1. The Bertz CT molecular complexity index is 1760. The number of aromatic nitrogens is 4. The van der Waals surface area contributed by atoms with E-state index in [2.05, 4.69) is 15.3 Å². The Hall–Kier alpha value is -4.88. The smallest absolute Gasteiger partial charge is 0.410 e. The molecule has 5 heterocycles. The summed E-state index contributed by atoms with van der Waals surface area (Å²) in [6, 6.07) is 6.67. The Kier molecular flexibility index (Phi) is 7.30. The summed E-state index contributed by atoms with van der Waals surface area (Å²) >= 11 is 0. The van der Waals surface area contributed by atoms with Crippen LogP contribution < -0.4 is 15.8 Å². The van der Waals surface area contributed by atoms with Crippen LogP contribution in [-0.4, -0.2) is 68.7 Å². The summed E-state index contributed by atoms with van der Waals surface area (Å²) in [6.07, 6.45) is 5.60. The van der Waals surface area contributed by atoms with E-state index in [1.54, 1.807) is 30.3 Å². The number of imidazole rings is 1. The molecule has 1 aromatic carbocycles. The highest BCUT2D eigenvalue weighted by Gasteiger charge is 2.46. The van der Waals surface area contributed by atoms with Gasteiger partial charge in [0.05, 0.1) is 12.6 Å². The van der Waals surface area contributed by atoms with Gasteiger partial charge >= 0.3 is 12.0 Å². The maximum Gasteiger partial charge on any atom is 0.410 e. The lowest BCUT2D eigenvalue weighted by molar-refractivity contribution is -0.0281. The first-order valence-electron chi connectivity index (χ1n) is 14.1. The number of rotatable bonds is 8. The highest BCUT2D eigenvalue weighted by molar-refractivity contribution is 6.04. The average Bonchev–Trinajstić information content (AvgIpc) is 3.59. The predicted molar refractivity (Wildman–Crippen MR) is 154 cm³/mol. The average molecular weight is 610 g/mol. The normalized spacial score (nSPS) is 20.0. The second-order valence-electron chi connectivity index (χ2n) is 11.1. The third-order valence-corrected chi connectivity index (χ3v) is 8.14. The van der Waals surface area contributed by atoms with Gasteiger partial charge in [-0.2, -0.15) is 8.78 Å². The van der Waals surface area contributed by atoms with Crippen LogP contribution in [0.25, 0.3) is 16.8 Å². The summed E-state index contributed by atoms with van der Waals surface area (Å²) in [5, 5.41) is 2.48. The zero-order chi connectivity index (χ0) is 31.2. The molecule has 0 saturated carbocycles. The van der Waals surface area contributed by atoms with E-state index in [1.165, 1.54) is 12.1 Å². The largest absolute Gasteiger partial charge is 0.493 e. The number of amides is 2. The van der Waals surface area contributed by atoms with Crippen molar-refractivity contribution < 1.29 is 32.2 Å². The summed E-state index contributed by atoms with van der Waals surface area (Å²) in [6.45, 7) is 3.02. The standard InChI is InChI=1S/C30H30F3N7O4/c1-3-43-21-12-17(26(41)37-22-13-18(7-9-35-22)30(32,33)15-31)4-5-20(21)23-24-25(34)36-10-11-39(24)27(38-23)29(2)8-6-19-14-44-28(42)40(19)16-29/h4-5,7,9-13,19H,3,6,8,14-16H2,1-2H3,(H2,34,36)(H,35,37,41). The second-order valence-corrected chi connectivity index (χ2v) is 11.1. The Morgan fingerprint density at radius 1 is 1.25 bits per heavy atom. The van der Waals surface area contributed by atoms with Gasteiger partial charge in [-0.1, -0.05) is 6.92 Å². The maximum atomic E-state index is 13.9. The van der Waals surface area contributed by atoms with Gasteiger partial charge in [-0.15, -0.1) is 0 Å². The topological polar surface area (TPSA) is 137 Å². The van der Waals surface area contributed by atoms with E-state index in [-0.39, 0.29) is 35.9 Å². The molecular weight excluding hydrogens is 579 g/mol. The fourth-order valence-electron chi connectivity index (χ4n) is 5.85. The van der Waals surface area contributed by atoms with E-state index in [4.69, 9.17) is 20.2 Å². The van der Waals surface area contributed by atoms with Crippen molar-refractivity contribution in [2.75, 3.05) is 37.5 Å². The Balaban J connectivity index is 1.37. The van der Waals surface area contributed by atoms with Gasteiger partial charge in [-0.05, 0) is 50.1 Å². The van der Waals surface area contributed by atoms with Crippen LogP contribution in [0.3, 0.4) is 0 Å². The van der Waals surface area contributed by atoms with Crippen LogP contribution in [0, 0.1) is 0 Å². The zero-order valence-corrected chi connectivity index (χ0v) is 24.0. The van der Waals surface area contributed by atoms with Crippen molar-refractivity contribution in [3.8, 4) is 17.0 Å². The Labute approximate surface area is 250 Å². The molecule has 2 unspecified atom stereocenters. The van der Waals surface area contributed by atoms with Gasteiger partial charge in [-0.3, -0.25) is 9.20 Å².